The van der Waals surface area contributed by atoms with Gasteiger partial charge in [-0.2, -0.15) is 0 Å². The predicted octanol–water partition coefficient (Wildman–Crippen LogP) is 3.50. The summed E-state index contributed by atoms with van der Waals surface area (Å²) >= 11 is 0. The molecule has 0 aromatic heterocycles. The first-order valence-electron chi connectivity index (χ1n) is 7.16. The van der Waals surface area contributed by atoms with Crippen LogP contribution in [0.4, 0.5) is 0 Å². The number of hydrogen-bond donors (Lipinski definition) is 1. The van der Waals surface area contributed by atoms with Crippen LogP contribution >= 0.6 is 0 Å². The molecule has 1 N–H and O–H groups in total. The molecule has 100 valence electrons. The first-order chi connectivity index (χ1) is 9.33. The summed E-state index contributed by atoms with van der Waals surface area (Å²) in [4.78, 5) is 0. The van der Waals surface area contributed by atoms with Crippen LogP contribution in [0.25, 0.3) is 10.8 Å². The lowest BCUT2D eigenvalue weighted by molar-refractivity contribution is 0.0559. The summed E-state index contributed by atoms with van der Waals surface area (Å²) in [5, 5.41) is 6.19. The molecule has 1 heterocycles. The van der Waals surface area contributed by atoms with Gasteiger partial charge >= 0.3 is 0 Å². The van der Waals surface area contributed by atoms with Crippen molar-refractivity contribution in [2.75, 3.05) is 6.54 Å². The van der Waals surface area contributed by atoms with Crippen LogP contribution in [0.3, 0.4) is 0 Å². The fraction of sp³-hybridized carbons (Fsp3) is 0.412. The third kappa shape index (κ3) is 2.96. The van der Waals surface area contributed by atoms with Crippen molar-refractivity contribution in [1.29, 1.82) is 0 Å². The fourth-order valence-corrected chi connectivity index (χ4v) is 2.85. The van der Waals surface area contributed by atoms with E-state index in [9.17, 15) is 0 Å². The Balaban J connectivity index is 1.62. The number of hydrogen-bond acceptors (Lipinski definition) is 2. The van der Waals surface area contributed by atoms with E-state index in [-0.39, 0.29) is 0 Å². The normalized spacial score (nSPS) is 23.0. The average molecular weight is 255 g/mol. The number of ether oxygens (including phenoxy) is 1. The summed E-state index contributed by atoms with van der Waals surface area (Å²) in [7, 11) is 0. The van der Waals surface area contributed by atoms with Crippen molar-refractivity contribution in [2.45, 2.75) is 38.5 Å². The van der Waals surface area contributed by atoms with Gasteiger partial charge in [-0.15, -0.1) is 0 Å². The van der Waals surface area contributed by atoms with Gasteiger partial charge in [0, 0.05) is 13.1 Å². The molecule has 1 aliphatic rings. The molecule has 0 saturated carbocycles. The molecule has 1 fully saturated rings. The van der Waals surface area contributed by atoms with E-state index >= 15 is 0 Å². The molecule has 2 unspecified atom stereocenters. The van der Waals surface area contributed by atoms with E-state index in [2.05, 4.69) is 54.7 Å². The number of fused-ring (bicyclic) bond motifs is 1. The van der Waals surface area contributed by atoms with Crippen LogP contribution in [0.15, 0.2) is 42.5 Å². The van der Waals surface area contributed by atoms with Crippen molar-refractivity contribution < 1.29 is 4.74 Å². The second-order valence-electron chi connectivity index (χ2n) is 5.42. The molecular formula is C17H21NO. The lowest BCUT2D eigenvalue weighted by Crippen LogP contribution is -2.26. The third-order valence-corrected chi connectivity index (χ3v) is 3.89. The second kappa shape index (κ2) is 5.72. The molecule has 3 rings (SSSR count). The van der Waals surface area contributed by atoms with Crippen molar-refractivity contribution in [1.82, 2.24) is 5.32 Å². The van der Waals surface area contributed by atoms with E-state index in [1.165, 1.54) is 29.2 Å². The van der Waals surface area contributed by atoms with Crippen molar-refractivity contribution in [3.63, 3.8) is 0 Å². The van der Waals surface area contributed by atoms with Gasteiger partial charge in [0.25, 0.3) is 0 Å². The summed E-state index contributed by atoms with van der Waals surface area (Å²) in [5.74, 6) is 0. The highest BCUT2D eigenvalue weighted by atomic mass is 16.5. The molecule has 2 atom stereocenters. The van der Waals surface area contributed by atoms with Gasteiger partial charge in [0.15, 0.2) is 0 Å². The van der Waals surface area contributed by atoms with Gasteiger partial charge in [-0.25, -0.2) is 0 Å². The summed E-state index contributed by atoms with van der Waals surface area (Å²) in [6.45, 7) is 4.02. The molecule has 1 saturated heterocycles. The zero-order valence-electron chi connectivity index (χ0n) is 11.4. The molecule has 2 nitrogen and oxygen atoms in total. The highest BCUT2D eigenvalue weighted by Gasteiger charge is 2.20. The summed E-state index contributed by atoms with van der Waals surface area (Å²) in [6, 6.07) is 15.1. The monoisotopic (exact) mass is 255 g/mol. The zero-order chi connectivity index (χ0) is 13.1. The molecule has 1 aliphatic heterocycles. The van der Waals surface area contributed by atoms with Crippen LogP contribution in [0, 0.1) is 0 Å². The van der Waals surface area contributed by atoms with Crippen molar-refractivity contribution in [3.05, 3.63) is 48.0 Å². The van der Waals surface area contributed by atoms with E-state index in [1.807, 2.05) is 0 Å². The maximum Gasteiger partial charge on any atom is 0.0704 e. The molecule has 0 bridgehead atoms. The average Bonchev–Trinajstić information content (AvgIpc) is 2.85. The van der Waals surface area contributed by atoms with Crippen molar-refractivity contribution in [2.24, 2.45) is 0 Å². The Hall–Kier alpha value is -1.38. The van der Waals surface area contributed by atoms with Crippen LogP contribution in [-0.2, 0) is 11.3 Å². The quantitative estimate of drug-likeness (QED) is 0.903. The van der Waals surface area contributed by atoms with E-state index in [0.717, 1.165) is 13.1 Å². The smallest absolute Gasteiger partial charge is 0.0704 e. The molecule has 0 amide bonds. The Morgan fingerprint density at radius 2 is 1.95 bits per heavy atom. The first kappa shape index (κ1) is 12.6. The first-order valence-corrected chi connectivity index (χ1v) is 7.16. The SMILES string of the molecule is CC1CCC(CNCc2cccc3ccccc23)O1. The van der Waals surface area contributed by atoms with Gasteiger partial charge < -0.3 is 10.1 Å². The topological polar surface area (TPSA) is 21.3 Å². The fourth-order valence-electron chi connectivity index (χ4n) is 2.85. The third-order valence-electron chi connectivity index (χ3n) is 3.89. The highest BCUT2D eigenvalue weighted by Crippen LogP contribution is 2.20. The maximum absolute atomic E-state index is 5.82. The Kier molecular flexibility index (Phi) is 3.81. The van der Waals surface area contributed by atoms with E-state index in [1.54, 1.807) is 0 Å². The minimum Gasteiger partial charge on any atom is -0.374 e. The lowest BCUT2D eigenvalue weighted by atomic mass is 10.0. The van der Waals surface area contributed by atoms with Gasteiger partial charge in [-0.1, -0.05) is 42.5 Å². The van der Waals surface area contributed by atoms with Crippen LogP contribution in [0.1, 0.15) is 25.3 Å². The van der Waals surface area contributed by atoms with Crippen molar-refractivity contribution in [3.8, 4) is 0 Å². The van der Waals surface area contributed by atoms with Gasteiger partial charge in [0.1, 0.15) is 0 Å². The summed E-state index contributed by atoms with van der Waals surface area (Å²) < 4.78 is 5.82. The zero-order valence-corrected chi connectivity index (χ0v) is 11.4. The van der Waals surface area contributed by atoms with E-state index in [4.69, 9.17) is 4.74 Å². The van der Waals surface area contributed by atoms with E-state index < -0.39 is 0 Å². The summed E-state index contributed by atoms with van der Waals surface area (Å²) in [5.41, 5.74) is 1.36. The molecule has 19 heavy (non-hydrogen) atoms. The summed E-state index contributed by atoms with van der Waals surface area (Å²) in [6.07, 6.45) is 3.21. The predicted molar refractivity (Wildman–Crippen MR) is 79.2 cm³/mol. The van der Waals surface area contributed by atoms with Crippen LogP contribution in [-0.4, -0.2) is 18.8 Å². The molecule has 2 aromatic rings. The van der Waals surface area contributed by atoms with E-state index in [0.29, 0.717) is 12.2 Å². The van der Waals surface area contributed by atoms with Gasteiger partial charge in [-0.05, 0) is 36.1 Å². The van der Waals surface area contributed by atoms with Gasteiger partial charge in [0.05, 0.1) is 12.2 Å². The molecular weight excluding hydrogens is 234 g/mol. The number of rotatable bonds is 4. The Morgan fingerprint density at radius 3 is 2.79 bits per heavy atom. The molecule has 0 spiro atoms. The minimum absolute atomic E-state index is 0.393. The molecule has 0 aliphatic carbocycles. The Bertz CT molecular complexity index is 546. The lowest BCUT2D eigenvalue weighted by Gasteiger charge is -2.13. The van der Waals surface area contributed by atoms with Gasteiger partial charge in [-0.3, -0.25) is 0 Å². The van der Waals surface area contributed by atoms with Crippen LogP contribution in [0.5, 0.6) is 0 Å². The molecule has 2 aromatic carbocycles. The Morgan fingerprint density at radius 1 is 1.11 bits per heavy atom. The number of nitrogens with one attached hydrogen (secondary N) is 1. The van der Waals surface area contributed by atoms with Crippen molar-refractivity contribution >= 4 is 10.8 Å². The minimum atomic E-state index is 0.393. The largest absolute Gasteiger partial charge is 0.374 e. The maximum atomic E-state index is 5.82. The standard InChI is InChI=1S/C17H21NO/c1-13-9-10-16(19-13)12-18-11-15-7-4-6-14-5-2-3-8-17(14)15/h2-8,13,16,18H,9-12H2,1H3. The Labute approximate surface area is 114 Å². The second-order valence-corrected chi connectivity index (χ2v) is 5.42. The molecule has 0 radical (unpaired) electrons. The number of benzene rings is 2. The van der Waals surface area contributed by atoms with Crippen LogP contribution in [0.2, 0.25) is 0 Å². The highest BCUT2D eigenvalue weighted by molar-refractivity contribution is 5.85. The van der Waals surface area contributed by atoms with Crippen LogP contribution < -0.4 is 5.32 Å². The van der Waals surface area contributed by atoms with Gasteiger partial charge in [0.2, 0.25) is 0 Å². The molecule has 2 heteroatoms.